The quantitative estimate of drug-likeness (QED) is 0.763. The number of fused-ring (bicyclic) bond motifs is 1. The van der Waals surface area contributed by atoms with Gasteiger partial charge in [0, 0.05) is 19.6 Å². The van der Waals surface area contributed by atoms with Crippen LogP contribution in [0.25, 0.3) is 0 Å². The molecule has 2 heteroatoms. The Kier molecular flexibility index (Phi) is 3.88. The Bertz CT molecular complexity index is 346. The maximum Gasteiger partial charge on any atom is 0.0236 e. The van der Waals surface area contributed by atoms with Crippen LogP contribution in [0.15, 0.2) is 24.3 Å². The highest BCUT2D eigenvalue weighted by Gasteiger charge is 2.23. The van der Waals surface area contributed by atoms with Gasteiger partial charge < -0.3 is 0 Å². The lowest BCUT2D eigenvalue weighted by atomic mass is 9.84. The van der Waals surface area contributed by atoms with Crippen molar-refractivity contribution >= 4 is 12.4 Å². The minimum Gasteiger partial charge on any atom is -0.298 e. The molecule has 1 aliphatic carbocycles. The van der Waals surface area contributed by atoms with E-state index in [1.165, 1.54) is 45.3 Å². The van der Waals surface area contributed by atoms with E-state index in [0.29, 0.717) is 0 Å². The predicted molar refractivity (Wildman–Crippen MR) is 70.0 cm³/mol. The van der Waals surface area contributed by atoms with Gasteiger partial charge in [-0.1, -0.05) is 30.7 Å². The minimum absolute atomic E-state index is 0. The van der Waals surface area contributed by atoms with Crippen molar-refractivity contribution in [3.8, 4) is 0 Å². The van der Waals surface area contributed by atoms with Gasteiger partial charge in [-0.15, -0.1) is 12.4 Å². The standard InChI is InChI=1S/C14H19N.ClH/c1-2-7-14-11-15(9-8-13(14)6-1)10-12-4-3-5-12;/h1-2,6-7,12H,3-5,8-11H2;1H. The number of rotatable bonds is 2. The van der Waals surface area contributed by atoms with Crippen molar-refractivity contribution < 1.29 is 0 Å². The Balaban J connectivity index is 0.000000963. The second kappa shape index (κ2) is 5.20. The number of hydrogen-bond donors (Lipinski definition) is 0. The van der Waals surface area contributed by atoms with Crippen LogP contribution in [-0.4, -0.2) is 18.0 Å². The molecule has 2 aliphatic rings. The summed E-state index contributed by atoms with van der Waals surface area (Å²) in [6.07, 6.45) is 5.66. The summed E-state index contributed by atoms with van der Waals surface area (Å²) >= 11 is 0. The fourth-order valence-corrected chi connectivity index (χ4v) is 2.75. The number of nitrogens with zero attached hydrogens (tertiary/aromatic N) is 1. The summed E-state index contributed by atoms with van der Waals surface area (Å²) in [6.45, 7) is 3.80. The number of hydrogen-bond acceptors (Lipinski definition) is 1. The molecule has 0 unspecified atom stereocenters. The molecule has 0 saturated heterocycles. The average Bonchev–Trinajstić information content (AvgIpc) is 2.23. The molecule has 1 fully saturated rings. The second-order valence-corrected chi connectivity index (χ2v) is 5.05. The van der Waals surface area contributed by atoms with Crippen LogP contribution in [0, 0.1) is 5.92 Å². The van der Waals surface area contributed by atoms with Crippen LogP contribution in [0.4, 0.5) is 0 Å². The van der Waals surface area contributed by atoms with E-state index in [1.54, 1.807) is 11.1 Å². The second-order valence-electron chi connectivity index (χ2n) is 5.05. The van der Waals surface area contributed by atoms with Crippen molar-refractivity contribution in [2.45, 2.75) is 32.2 Å². The molecule has 1 aromatic rings. The van der Waals surface area contributed by atoms with Crippen LogP contribution in [0.2, 0.25) is 0 Å². The first-order valence-corrected chi connectivity index (χ1v) is 6.21. The first-order chi connectivity index (χ1) is 7.42. The van der Waals surface area contributed by atoms with Gasteiger partial charge in [-0.25, -0.2) is 0 Å². The van der Waals surface area contributed by atoms with Crippen molar-refractivity contribution in [3.05, 3.63) is 35.4 Å². The van der Waals surface area contributed by atoms with Gasteiger partial charge in [-0.05, 0) is 36.3 Å². The molecule has 88 valence electrons. The molecule has 1 aliphatic heterocycles. The fourth-order valence-electron chi connectivity index (χ4n) is 2.75. The normalized spacial score (nSPS) is 20.8. The first-order valence-electron chi connectivity index (χ1n) is 6.21. The molecule has 0 bridgehead atoms. The summed E-state index contributed by atoms with van der Waals surface area (Å²) in [4.78, 5) is 2.64. The molecule has 0 amide bonds. The van der Waals surface area contributed by atoms with Crippen LogP contribution in [0.1, 0.15) is 30.4 Å². The Morgan fingerprint density at radius 3 is 2.56 bits per heavy atom. The van der Waals surface area contributed by atoms with Gasteiger partial charge in [0.25, 0.3) is 0 Å². The molecule has 1 heterocycles. The molecule has 0 radical (unpaired) electrons. The van der Waals surface area contributed by atoms with Gasteiger partial charge in [0.15, 0.2) is 0 Å². The topological polar surface area (TPSA) is 3.24 Å². The Morgan fingerprint density at radius 1 is 1.12 bits per heavy atom. The summed E-state index contributed by atoms with van der Waals surface area (Å²) in [7, 11) is 0. The highest BCUT2D eigenvalue weighted by molar-refractivity contribution is 5.85. The van der Waals surface area contributed by atoms with E-state index < -0.39 is 0 Å². The van der Waals surface area contributed by atoms with Crippen molar-refractivity contribution in [2.75, 3.05) is 13.1 Å². The lowest BCUT2D eigenvalue weighted by Crippen LogP contribution is -2.36. The zero-order valence-corrected chi connectivity index (χ0v) is 10.5. The van der Waals surface area contributed by atoms with E-state index in [4.69, 9.17) is 0 Å². The molecule has 0 aromatic heterocycles. The molecule has 0 N–H and O–H groups in total. The molecular weight excluding hydrogens is 218 g/mol. The molecule has 0 atom stereocenters. The molecule has 0 spiro atoms. The highest BCUT2D eigenvalue weighted by atomic mass is 35.5. The van der Waals surface area contributed by atoms with E-state index in [9.17, 15) is 0 Å². The van der Waals surface area contributed by atoms with Gasteiger partial charge in [-0.3, -0.25) is 4.90 Å². The third kappa shape index (κ3) is 2.41. The van der Waals surface area contributed by atoms with E-state index >= 15 is 0 Å². The highest BCUT2D eigenvalue weighted by Crippen LogP contribution is 2.29. The van der Waals surface area contributed by atoms with Crippen LogP contribution >= 0.6 is 12.4 Å². The summed E-state index contributed by atoms with van der Waals surface area (Å²) < 4.78 is 0. The minimum atomic E-state index is 0. The van der Waals surface area contributed by atoms with E-state index in [-0.39, 0.29) is 12.4 Å². The average molecular weight is 238 g/mol. The van der Waals surface area contributed by atoms with Gasteiger partial charge >= 0.3 is 0 Å². The first kappa shape index (κ1) is 11.9. The zero-order valence-electron chi connectivity index (χ0n) is 9.69. The SMILES string of the molecule is Cl.c1ccc2c(c1)CCN(CC1CCC1)C2. The Morgan fingerprint density at radius 2 is 1.88 bits per heavy atom. The molecule has 1 aromatic carbocycles. The number of benzene rings is 1. The smallest absolute Gasteiger partial charge is 0.0236 e. The van der Waals surface area contributed by atoms with Crippen molar-refractivity contribution in [2.24, 2.45) is 5.92 Å². The zero-order chi connectivity index (χ0) is 10.1. The van der Waals surface area contributed by atoms with E-state index in [2.05, 4.69) is 29.2 Å². The molecule has 16 heavy (non-hydrogen) atoms. The Labute approximate surface area is 104 Å². The number of halogens is 1. The summed E-state index contributed by atoms with van der Waals surface area (Å²) in [5, 5.41) is 0. The van der Waals surface area contributed by atoms with Crippen molar-refractivity contribution in [3.63, 3.8) is 0 Å². The predicted octanol–water partition coefficient (Wildman–Crippen LogP) is 3.27. The third-order valence-corrected chi connectivity index (χ3v) is 3.95. The maximum absolute atomic E-state index is 2.64. The molecule has 3 rings (SSSR count). The maximum atomic E-state index is 2.64. The van der Waals surface area contributed by atoms with Crippen LogP contribution < -0.4 is 0 Å². The summed E-state index contributed by atoms with van der Waals surface area (Å²) in [5.74, 6) is 1.01. The van der Waals surface area contributed by atoms with Crippen LogP contribution in [-0.2, 0) is 13.0 Å². The van der Waals surface area contributed by atoms with Gasteiger partial charge in [0.2, 0.25) is 0 Å². The Hall–Kier alpha value is -0.530. The molecule has 1 nitrogen and oxygen atoms in total. The molecule has 1 saturated carbocycles. The van der Waals surface area contributed by atoms with Gasteiger partial charge in [0.05, 0.1) is 0 Å². The van der Waals surface area contributed by atoms with Crippen molar-refractivity contribution in [1.82, 2.24) is 4.90 Å². The van der Waals surface area contributed by atoms with Crippen molar-refractivity contribution in [1.29, 1.82) is 0 Å². The lowest BCUT2D eigenvalue weighted by molar-refractivity contribution is 0.166. The molecular formula is C14H20ClN. The monoisotopic (exact) mass is 237 g/mol. The van der Waals surface area contributed by atoms with E-state index in [0.717, 1.165) is 5.92 Å². The van der Waals surface area contributed by atoms with Gasteiger partial charge in [0.1, 0.15) is 0 Å². The lowest BCUT2D eigenvalue weighted by Gasteiger charge is -2.35. The third-order valence-electron chi connectivity index (χ3n) is 3.95. The van der Waals surface area contributed by atoms with E-state index in [1.807, 2.05) is 0 Å². The largest absolute Gasteiger partial charge is 0.298 e. The summed E-state index contributed by atoms with van der Waals surface area (Å²) in [5.41, 5.74) is 3.13. The summed E-state index contributed by atoms with van der Waals surface area (Å²) in [6, 6.07) is 8.92. The van der Waals surface area contributed by atoms with Crippen LogP contribution in [0.5, 0.6) is 0 Å². The van der Waals surface area contributed by atoms with Gasteiger partial charge in [-0.2, -0.15) is 0 Å². The van der Waals surface area contributed by atoms with Crippen LogP contribution in [0.3, 0.4) is 0 Å². The fraction of sp³-hybridized carbons (Fsp3) is 0.571.